The summed E-state index contributed by atoms with van der Waals surface area (Å²) in [4.78, 5) is 28.6. The molecule has 1 unspecified atom stereocenters. The highest BCUT2D eigenvalue weighted by atomic mass is 16.2. The highest BCUT2D eigenvalue weighted by Gasteiger charge is 2.32. The van der Waals surface area contributed by atoms with Crippen LogP contribution in [0.1, 0.15) is 39.3 Å². The lowest BCUT2D eigenvalue weighted by Crippen LogP contribution is -2.51. The number of carbonyl (C=O) groups is 2. The lowest BCUT2D eigenvalue weighted by Gasteiger charge is -2.32. The molecule has 134 valence electrons. The number of anilines is 1. The first-order chi connectivity index (χ1) is 11.5. The molecule has 0 saturated heterocycles. The molecule has 0 fully saturated rings. The molecule has 1 aliphatic heterocycles. The summed E-state index contributed by atoms with van der Waals surface area (Å²) in [7, 11) is 0. The minimum absolute atomic E-state index is 0.0202. The van der Waals surface area contributed by atoms with Gasteiger partial charge in [0, 0.05) is 19.0 Å². The van der Waals surface area contributed by atoms with E-state index in [0.29, 0.717) is 19.5 Å². The Morgan fingerprint density at radius 3 is 2.79 bits per heavy atom. The number of rotatable bonds is 8. The van der Waals surface area contributed by atoms with Crippen LogP contribution in [0.3, 0.4) is 0 Å². The molecule has 0 aromatic carbocycles. The second-order valence-electron chi connectivity index (χ2n) is 6.23. The third-order valence-corrected chi connectivity index (χ3v) is 4.55. The largest absolute Gasteiger partial charge is 0.354 e. The van der Waals surface area contributed by atoms with Gasteiger partial charge in [-0.15, -0.1) is 0 Å². The van der Waals surface area contributed by atoms with E-state index in [4.69, 9.17) is 0 Å². The van der Waals surface area contributed by atoms with Crippen LogP contribution < -0.4 is 10.2 Å². The summed E-state index contributed by atoms with van der Waals surface area (Å²) in [6.07, 6.45) is 1.29. The van der Waals surface area contributed by atoms with Crippen LogP contribution in [-0.2, 0) is 16.1 Å². The van der Waals surface area contributed by atoms with Crippen molar-refractivity contribution in [1.29, 1.82) is 0 Å². The lowest BCUT2D eigenvalue weighted by atomic mass is 10.2. The second kappa shape index (κ2) is 8.28. The van der Waals surface area contributed by atoms with Gasteiger partial charge in [0.2, 0.25) is 11.8 Å². The SMILES string of the molecule is CCN(CC)CCCNC(=O)C(C)N1C(=O)CCn2nc(C)cc21. The molecule has 1 atom stereocenters. The number of amides is 2. The average Bonchev–Trinajstić information content (AvgIpc) is 2.94. The maximum atomic E-state index is 12.4. The van der Waals surface area contributed by atoms with E-state index in [1.807, 2.05) is 13.0 Å². The number of fused-ring (bicyclic) bond motifs is 1. The molecule has 0 bridgehead atoms. The Labute approximate surface area is 144 Å². The van der Waals surface area contributed by atoms with E-state index in [9.17, 15) is 9.59 Å². The van der Waals surface area contributed by atoms with Crippen LogP contribution in [0.5, 0.6) is 0 Å². The molecule has 0 radical (unpaired) electrons. The first-order valence-corrected chi connectivity index (χ1v) is 8.84. The quantitative estimate of drug-likeness (QED) is 0.724. The van der Waals surface area contributed by atoms with Gasteiger partial charge in [-0.3, -0.25) is 14.5 Å². The van der Waals surface area contributed by atoms with Gasteiger partial charge in [-0.2, -0.15) is 5.10 Å². The van der Waals surface area contributed by atoms with Crippen molar-refractivity contribution in [3.05, 3.63) is 11.8 Å². The highest BCUT2D eigenvalue weighted by molar-refractivity contribution is 6.00. The second-order valence-corrected chi connectivity index (χ2v) is 6.23. The molecule has 2 rings (SSSR count). The van der Waals surface area contributed by atoms with Crippen LogP contribution in [0, 0.1) is 6.92 Å². The third kappa shape index (κ3) is 4.14. The zero-order valence-electron chi connectivity index (χ0n) is 15.2. The van der Waals surface area contributed by atoms with Crippen molar-refractivity contribution in [2.75, 3.05) is 31.1 Å². The van der Waals surface area contributed by atoms with Crippen LogP contribution >= 0.6 is 0 Å². The Bertz CT molecular complexity index is 580. The molecule has 2 amide bonds. The Hall–Kier alpha value is -1.89. The van der Waals surface area contributed by atoms with E-state index in [1.54, 1.807) is 16.5 Å². The van der Waals surface area contributed by atoms with E-state index in [-0.39, 0.29) is 11.8 Å². The summed E-state index contributed by atoms with van der Waals surface area (Å²) >= 11 is 0. The summed E-state index contributed by atoms with van der Waals surface area (Å²) in [5, 5.41) is 7.33. The maximum Gasteiger partial charge on any atom is 0.242 e. The highest BCUT2D eigenvalue weighted by Crippen LogP contribution is 2.24. The minimum atomic E-state index is -0.527. The van der Waals surface area contributed by atoms with Crippen LogP contribution in [-0.4, -0.2) is 58.7 Å². The number of nitrogens with one attached hydrogen (secondary N) is 1. The van der Waals surface area contributed by atoms with E-state index in [0.717, 1.165) is 37.6 Å². The summed E-state index contributed by atoms with van der Waals surface area (Å²) in [6, 6.07) is 1.34. The fourth-order valence-electron chi connectivity index (χ4n) is 3.07. The van der Waals surface area contributed by atoms with Gasteiger partial charge in [-0.25, -0.2) is 4.68 Å². The number of carbonyl (C=O) groups excluding carboxylic acids is 2. The Morgan fingerprint density at radius 1 is 1.42 bits per heavy atom. The van der Waals surface area contributed by atoms with Crippen molar-refractivity contribution in [1.82, 2.24) is 20.0 Å². The molecule has 0 spiro atoms. The predicted molar refractivity (Wildman–Crippen MR) is 93.9 cm³/mol. The lowest BCUT2D eigenvalue weighted by molar-refractivity contribution is -0.126. The van der Waals surface area contributed by atoms with Gasteiger partial charge in [-0.05, 0) is 39.9 Å². The van der Waals surface area contributed by atoms with Gasteiger partial charge < -0.3 is 10.2 Å². The first kappa shape index (κ1) is 18.4. The average molecular weight is 335 g/mol. The van der Waals surface area contributed by atoms with E-state index >= 15 is 0 Å². The fourth-order valence-corrected chi connectivity index (χ4v) is 3.07. The molecular formula is C17H29N5O2. The van der Waals surface area contributed by atoms with Crippen molar-refractivity contribution in [3.8, 4) is 0 Å². The van der Waals surface area contributed by atoms with Crippen LogP contribution in [0.2, 0.25) is 0 Å². The molecule has 0 aliphatic carbocycles. The van der Waals surface area contributed by atoms with Crippen LogP contribution in [0.25, 0.3) is 0 Å². The summed E-state index contributed by atoms with van der Waals surface area (Å²) in [5.74, 6) is 0.581. The van der Waals surface area contributed by atoms with Crippen LogP contribution in [0.4, 0.5) is 5.82 Å². The topological polar surface area (TPSA) is 70.5 Å². The van der Waals surface area contributed by atoms with Gasteiger partial charge in [0.15, 0.2) is 0 Å². The van der Waals surface area contributed by atoms with Gasteiger partial charge >= 0.3 is 0 Å². The molecule has 1 aromatic rings. The molecule has 1 N–H and O–H groups in total. The molecule has 24 heavy (non-hydrogen) atoms. The fraction of sp³-hybridized carbons (Fsp3) is 0.706. The number of aryl methyl sites for hydroxylation is 2. The monoisotopic (exact) mass is 335 g/mol. The van der Waals surface area contributed by atoms with Gasteiger partial charge in [-0.1, -0.05) is 13.8 Å². The van der Waals surface area contributed by atoms with E-state index in [2.05, 4.69) is 29.2 Å². The molecule has 2 heterocycles. The molecule has 1 aromatic heterocycles. The zero-order chi connectivity index (χ0) is 17.7. The third-order valence-electron chi connectivity index (χ3n) is 4.55. The van der Waals surface area contributed by atoms with Gasteiger partial charge in [0.1, 0.15) is 11.9 Å². The Morgan fingerprint density at radius 2 is 2.12 bits per heavy atom. The van der Waals surface area contributed by atoms with Gasteiger partial charge in [0.25, 0.3) is 0 Å². The van der Waals surface area contributed by atoms with Crippen molar-refractivity contribution in [3.63, 3.8) is 0 Å². The minimum Gasteiger partial charge on any atom is -0.354 e. The first-order valence-electron chi connectivity index (χ1n) is 8.84. The van der Waals surface area contributed by atoms with Crippen molar-refractivity contribution in [2.45, 2.75) is 53.1 Å². The number of nitrogens with zero attached hydrogens (tertiary/aromatic N) is 4. The molecule has 7 heteroatoms. The van der Waals surface area contributed by atoms with Gasteiger partial charge in [0.05, 0.1) is 12.2 Å². The predicted octanol–water partition coefficient (Wildman–Crippen LogP) is 1.16. The standard InChI is InChI=1S/C17H29N5O2/c1-5-20(6-2)10-7-9-18-17(24)14(4)22-15-12-13(3)19-21(15)11-8-16(22)23/h12,14H,5-11H2,1-4H3,(H,18,24). The van der Waals surface area contributed by atoms with Crippen molar-refractivity contribution < 1.29 is 9.59 Å². The number of aromatic nitrogens is 2. The Balaban J connectivity index is 1.92. The Kier molecular flexibility index (Phi) is 6.36. The van der Waals surface area contributed by atoms with Crippen LogP contribution in [0.15, 0.2) is 6.07 Å². The smallest absolute Gasteiger partial charge is 0.242 e. The number of hydrogen-bond donors (Lipinski definition) is 1. The summed E-state index contributed by atoms with van der Waals surface area (Å²) in [6.45, 7) is 12.2. The van der Waals surface area contributed by atoms with E-state index in [1.165, 1.54) is 0 Å². The number of hydrogen-bond acceptors (Lipinski definition) is 4. The maximum absolute atomic E-state index is 12.4. The molecule has 7 nitrogen and oxygen atoms in total. The normalized spacial score (nSPS) is 15.5. The van der Waals surface area contributed by atoms with E-state index < -0.39 is 6.04 Å². The van der Waals surface area contributed by atoms with Crippen molar-refractivity contribution in [2.24, 2.45) is 0 Å². The molecular weight excluding hydrogens is 306 g/mol. The zero-order valence-corrected chi connectivity index (χ0v) is 15.2. The summed E-state index contributed by atoms with van der Waals surface area (Å²) < 4.78 is 1.81. The molecule has 0 saturated carbocycles. The molecule has 1 aliphatic rings. The van der Waals surface area contributed by atoms with Crippen molar-refractivity contribution >= 4 is 17.6 Å². The summed E-state index contributed by atoms with van der Waals surface area (Å²) in [5.41, 5.74) is 0.858.